The van der Waals surface area contributed by atoms with Crippen molar-refractivity contribution in [2.45, 2.75) is 44.8 Å². The Bertz CT molecular complexity index is 1670. The van der Waals surface area contributed by atoms with Crippen molar-refractivity contribution in [2.75, 3.05) is 52.9 Å². The van der Waals surface area contributed by atoms with Crippen LogP contribution in [0.3, 0.4) is 0 Å². The van der Waals surface area contributed by atoms with Crippen LogP contribution >= 0.6 is 11.8 Å². The number of nitrogens with one attached hydrogen (secondary N) is 3. The summed E-state index contributed by atoms with van der Waals surface area (Å²) in [5, 5.41) is 9.23. The first-order chi connectivity index (χ1) is 22.7. The SMILES string of the molecule is COc1ccc(CNC(=O)[C@H](CCSC)Nc2ccc3c(cc2=O)[C@@H](NC(C)=O)CCc2cc(OC)c(OC)c(OC)c2-3)cc1OC. The molecule has 11 nitrogen and oxygen atoms in total. The van der Waals surface area contributed by atoms with Crippen molar-refractivity contribution in [3.8, 4) is 39.9 Å². The molecule has 12 heteroatoms. The highest BCUT2D eigenvalue weighted by molar-refractivity contribution is 7.98. The summed E-state index contributed by atoms with van der Waals surface area (Å²) in [5.41, 5.74) is 3.80. The molecule has 4 rings (SSSR count). The van der Waals surface area contributed by atoms with Crippen LogP contribution in [0.5, 0.6) is 28.7 Å². The van der Waals surface area contributed by atoms with E-state index in [0.717, 1.165) is 16.7 Å². The second-order valence-corrected chi connectivity index (χ2v) is 12.0. The lowest BCUT2D eigenvalue weighted by atomic mass is 9.95. The minimum Gasteiger partial charge on any atom is -0.493 e. The summed E-state index contributed by atoms with van der Waals surface area (Å²) in [4.78, 5) is 39.7. The zero-order valence-corrected chi connectivity index (χ0v) is 28.7. The van der Waals surface area contributed by atoms with Crippen LogP contribution in [0.4, 0.5) is 5.69 Å². The van der Waals surface area contributed by atoms with Gasteiger partial charge in [-0.15, -0.1) is 0 Å². The van der Waals surface area contributed by atoms with E-state index in [9.17, 15) is 14.4 Å². The number of anilines is 1. The maximum Gasteiger partial charge on any atom is 0.242 e. The second kappa shape index (κ2) is 16.3. The summed E-state index contributed by atoms with van der Waals surface area (Å²) in [6.07, 6.45) is 3.58. The standard InChI is InChI=1S/C35H43N3O8S/c1-20(39)37-25-11-9-22-17-31(44-4)33(45-5)34(46-6)32(22)23-10-12-26(28(40)18-24(23)25)38-27(14-15-47-7)35(41)36-19-21-8-13-29(42-2)30(16-21)43-3/h8,10,12-13,16-18,25,27H,9,11,14-15,19H2,1-7H3,(H,36,41)(H,37,39)(H,38,40)/t25-,27-/m0/s1. The van der Waals surface area contributed by atoms with Crippen LogP contribution in [0, 0.1) is 0 Å². The molecule has 0 aliphatic heterocycles. The van der Waals surface area contributed by atoms with Crippen molar-refractivity contribution < 1.29 is 33.3 Å². The predicted octanol–water partition coefficient (Wildman–Crippen LogP) is 4.73. The van der Waals surface area contributed by atoms with Gasteiger partial charge in [0.25, 0.3) is 0 Å². The number of carbonyl (C=O) groups excluding carboxylic acids is 2. The molecule has 0 radical (unpaired) electrons. The molecule has 47 heavy (non-hydrogen) atoms. The molecule has 0 saturated carbocycles. The van der Waals surface area contributed by atoms with Gasteiger partial charge in [-0.2, -0.15) is 11.8 Å². The number of hydrogen-bond acceptors (Lipinski definition) is 10. The largest absolute Gasteiger partial charge is 0.493 e. The van der Waals surface area contributed by atoms with Crippen molar-refractivity contribution >= 4 is 29.3 Å². The third-order valence-electron chi connectivity index (χ3n) is 8.09. The number of benzene rings is 2. The number of aryl methyl sites for hydroxylation is 1. The molecular formula is C35H43N3O8S. The van der Waals surface area contributed by atoms with Crippen LogP contribution in [0.2, 0.25) is 0 Å². The molecule has 3 aromatic rings. The van der Waals surface area contributed by atoms with Gasteiger partial charge in [-0.25, -0.2) is 0 Å². The monoisotopic (exact) mass is 665 g/mol. The van der Waals surface area contributed by atoms with Gasteiger partial charge in [0.1, 0.15) is 6.04 Å². The van der Waals surface area contributed by atoms with E-state index in [1.54, 1.807) is 52.3 Å². The third kappa shape index (κ3) is 8.05. The Kier molecular flexibility index (Phi) is 12.2. The van der Waals surface area contributed by atoms with Gasteiger partial charge in [0.15, 0.2) is 23.0 Å². The Hall–Kier alpha value is -4.58. The first kappa shape index (κ1) is 35.3. The lowest BCUT2D eigenvalue weighted by molar-refractivity contribution is -0.122. The van der Waals surface area contributed by atoms with Gasteiger partial charge in [-0.3, -0.25) is 14.4 Å². The van der Waals surface area contributed by atoms with Crippen molar-refractivity contribution in [1.29, 1.82) is 0 Å². The summed E-state index contributed by atoms with van der Waals surface area (Å²) < 4.78 is 27.9. The summed E-state index contributed by atoms with van der Waals surface area (Å²) in [5.74, 6) is 2.80. The molecule has 0 fully saturated rings. The molecule has 0 heterocycles. The van der Waals surface area contributed by atoms with Gasteiger partial charge in [0.05, 0.1) is 47.3 Å². The number of hydrogen-bond donors (Lipinski definition) is 3. The number of thioether (sulfide) groups is 1. The highest BCUT2D eigenvalue weighted by atomic mass is 32.2. The van der Waals surface area contributed by atoms with Gasteiger partial charge in [-0.1, -0.05) is 12.1 Å². The van der Waals surface area contributed by atoms with Crippen LogP contribution in [-0.4, -0.2) is 65.4 Å². The normalized spacial score (nSPS) is 14.0. The summed E-state index contributed by atoms with van der Waals surface area (Å²) >= 11 is 1.61. The van der Waals surface area contributed by atoms with Gasteiger partial charge >= 0.3 is 0 Å². The molecule has 0 bridgehead atoms. The molecule has 1 aliphatic carbocycles. The van der Waals surface area contributed by atoms with Gasteiger partial charge in [-0.05, 0) is 83.9 Å². The molecule has 0 aromatic heterocycles. The average Bonchev–Trinajstić information content (AvgIpc) is 3.32. The second-order valence-electron chi connectivity index (χ2n) is 11.0. The molecule has 3 aromatic carbocycles. The van der Waals surface area contributed by atoms with E-state index in [-0.39, 0.29) is 29.5 Å². The number of rotatable bonds is 14. The van der Waals surface area contributed by atoms with Crippen LogP contribution in [0.15, 0.2) is 47.3 Å². The van der Waals surface area contributed by atoms with Crippen molar-refractivity contribution in [2.24, 2.45) is 0 Å². The van der Waals surface area contributed by atoms with Crippen molar-refractivity contribution in [1.82, 2.24) is 10.6 Å². The fourth-order valence-electron chi connectivity index (χ4n) is 5.82. The lowest BCUT2D eigenvalue weighted by Crippen LogP contribution is -2.40. The molecule has 0 spiro atoms. The van der Waals surface area contributed by atoms with Crippen molar-refractivity contribution in [3.63, 3.8) is 0 Å². The van der Waals surface area contributed by atoms with E-state index in [1.807, 2.05) is 30.5 Å². The Labute approximate surface area is 279 Å². The Balaban J connectivity index is 1.75. The molecule has 2 amide bonds. The molecular weight excluding hydrogens is 622 g/mol. The minimum atomic E-state index is -0.685. The fraction of sp³-hybridized carbons (Fsp3) is 0.400. The Morgan fingerprint density at radius 2 is 1.62 bits per heavy atom. The van der Waals surface area contributed by atoms with E-state index in [2.05, 4.69) is 16.0 Å². The zero-order valence-electron chi connectivity index (χ0n) is 27.9. The van der Waals surface area contributed by atoms with E-state index in [1.165, 1.54) is 20.1 Å². The highest BCUT2D eigenvalue weighted by Gasteiger charge is 2.30. The number of amides is 2. The first-order valence-electron chi connectivity index (χ1n) is 15.2. The minimum absolute atomic E-state index is 0.213. The van der Waals surface area contributed by atoms with Crippen LogP contribution in [0.1, 0.15) is 42.5 Å². The Morgan fingerprint density at radius 1 is 0.894 bits per heavy atom. The summed E-state index contributed by atoms with van der Waals surface area (Å²) in [7, 11) is 7.78. The summed E-state index contributed by atoms with van der Waals surface area (Å²) in [6, 6.07) is 11.3. The maximum absolute atomic E-state index is 13.9. The van der Waals surface area contributed by atoms with Crippen LogP contribution in [0.25, 0.3) is 11.1 Å². The zero-order chi connectivity index (χ0) is 34.1. The number of ether oxygens (including phenoxy) is 5. The average molecular weight is 666 g/mol. The molecule has 252 valence electrons. The number of fused-ring (bicyclic) bond motifs is 3. The fourth-order valence-corrected chi connectivity index (χ4v) is 6.29. The quantitative estimate of drug-likeness (QED) is 0.222. The first-order valence-corrected chi connectivity index (χ1v) is 16.6. The number of carbonyl (C=O) groups is 2. The molecule has 2 atom stereocenters. The maximum atomic E-state index is 13.9. The highest BCUT2D eigenvalue weighted by Crippen LogP contribution is 2.50. The van der Waals surface area contributed by atoms with E-state index >= 15 is 0 Å². The van der Waals surface area contributed by atoms with Gasteiger partial charge in [0, 0.05) is 19.0 Å². The molecule has 1 aliphatic rings. The van der Waals surface area contributed by atoms with Gasteiger partial charge < -0.3 is 39.6 Å². The Morgan fingerprint density at radius 3 is 2.26 bits per heavy atom. The smallest absolute Gasteiger partial charge is 0.242 e. The summed E-state index contributed by atoms with van der Waals surface area (Å²) in [6.45, 7) is 1.72. The van der Waals surface area contributed by atoms with Crippen LogP contribution < -0.4 is 45.1 Å². The van der Waals surface area contributed by atoms with Gasteiger partial charge in [0.2, 0.25) is 23.0 Å². The molecule has 3 N–H and O–H groups in total. The van der Waals surface area contributed by atoms with Crippen molar-refractivity contribution in [3.05, 3.63) is 69.4 Å². The topological polar surface area (TPSA) is 133 Å². The number of methoxy groups -OCH3 is 5. The van der Waals surface area contributed by atoms with Crippen LogP contribution in [-0.2, 0) is 22.6 Å². The predicted molar refractivity (Wildman–Crippen MR) is 184 cm³/mol. The lowest BCUT2D eigenvalue weighted by Gasteiger charge is -2.19. The molecule has 0 saturated heterocycles. The third-order valence-corrected chi connectivity index (χ3v) is 8.73. The van der Waals surface area contributed by atoms with E-state index < -0.39 is 12.1 Å². The van der Waals surface area contributed by atoms with E-state index in [4.69, 9.17) is 23.7 Å². The van der Waals surface area contributed by atoms with E-state index in [0.29, 0.717) is 64.9 Å². The molecule has 0 unspecified atom stereocenters.